The smallest absolute Gasteiger partial charge is 0.440 e. The number of ether oxygens (including phenoxy) is 2. The molecule has 6 rings (SSSR count). The average Bonchev–Trinajstić information content (AvgIpc) is 3.60. The fourth-order valence-corrected chi connectivity index (χ4v) is 5.48. The molecule has 0 bridgehead atoms. The number of hydrogen-bond donors (Lipinski definition) is 2. The summed E-state index contributed by atoms with van der Waals surface area (Å²) in [6.45, 7) is 6.37. The van der Waals surface area contributed by atoms with Crippen molar-refractivity contribution >= 4 is 5.57 Å². The van der Waals surface area contributed by atoms with E-state index in [9.17, 15) is 19.0 Å². The SMILES string of the molecule is CC1=C(CO)C(F)CC(c2ccc(-c3cc(C(C)(C)O)nn3C)c(-c3oc(C)nc3-c3ccc4c(c3)OC(F)(F)O4)c2)=C1. The predicted molar refractivity (Wildman–Crippen MR) is 153 cm³/mol. The van der Waals surface area contributed by atoms with E-state index in [1.165, 1.54) is 12.1 Å². The zero-order valence-corrected chi connectivity index (χ0v) is 24.2. The van der Waals surface area contributed by atoms with Crippen molar-refractivity contribution in [3.05, 3.63) is 76.8 Å². The first-order valence-corrected chi connectivity index (χ1v) is 13.7. The molecule has 2 aliphatic rings. The summed E-state index contributed by atoms with van der Waals surface area (Å²) >= 11 is 0. The van der Waals surface area contributed by atoms with Gasteiger partial charge >= 0.3 is 6.29 Å². The lowest BCUT2D eigenvalue weighted by Crippen LogP contribution is -2.25. The first-order chi connectivity index (χ1) is 20.2. The van der Waals surface area contributed by atoms with Gasteiger partial charge in [0.15, 0.2) is 23.1 Å². The van der Waals surface area contributed by atoms with Crippen molar-refractivity contribution < 1.29 is 37.3 Å². The Hall–Kier alpha value is -4.35. The van der Waals surface area contributed by atoms with Gasteiger partial charge < -0.3 is 24.1 Å². The molecule has 0 fully saturated rings. The Morgan fingerprint density at radius 1 is 1.02 bits per heavy atom. The van der Waals surface area contributed by atoms with Gasteiger partial charge in [0.1, 0.15) is 17.5 Å². The number of fused-ring (bicyclic) bond motifs is 1. The second-order valence-corrected chi connectivity index (χ2v) is 11.3. The van der Waals surface area contributed by atoms with Crippen molar-refractivity contribution in [2.24, 2.45) is 7.05 Å². The minimum Gasteiger partial charge on any atom is -0.440 e. The molecular weight excluding hydrogens is 563 g/mol. The monoisotopic (exact) mass is 593 g/mol. The van der Waals surface area contributed by atoms with Gasteiger partial charge in [0.05, 0.1) is 18.0 Å². The van der Waals surface area contributed by atoms with Crippen LogP contribution < -0.4 is 9.47 Å². The van der Waals surface area contributed by atoms with Crippen LogP contribution in [0.15, 0.2) is 64.1 Å². The maximum absolute atomic E-state index is 15.0. The van der Waals surface area contributed by atoms with Gasteiger partial charge in [-0.25, -0.2) is 9.37 Å². The van der Waals surface area contributed by atoms with Crippen LogP contribution in [-0.4, -0.2) is 44.1 Å². The van der Waals surface area contributed by atoms with Crippen LogP contribution in [0.1, 0.15) is 44.3 Å². The number of hydrogen-bond acceptors (Lipinski definition) is 7. The van der Waals surface area contributed by atoms with E-state index in [1.54, 1.807) is 51.6 Å². The summed E-state index contributed by atoms with van der Waals surface area (Å²) < 4.78 is 59.6. The minimum atomic E-state index is -3.77. The van der Waals surface area contributed by atoms with E-state index in [0.717, 1.165) is 11.1 Å². The molecule has 2 aromatic carbocycles. The number of nitrogens with zero attached hydrogens (tertiary/aromatic N) is 3. The van der Waals surface area contributed by atoms with E-state index in [0.29, 0.717) is 56.6 Å². The number of benzene rings is 2. The van der Waals surface area contributed by atoms with Crippen LogP contribution in [0.25, 0.3) is 39.4 Å². The molecular formula is C32H30F3N3O5. The van der Waals surface area contributed by atoms with Crippen LogP contribution in [-0.2, 0) is 12.6 Å². The van der Waals surface area contributed by atoms with Crippen molar-refractivity contribution in [2.75, 3.05) is 6.61 Å². The lowest BCUT2D eigenvalue weighted by Gasteiger charge is -2.22. The van der Waals surface area contributed by atoms with Crippen LogP contribution in [0.5, 0.6) is 11.5 Å². The number of rotatable bonds is 6. The Balaban J connectivity index is 1.55. The Labute approximate surface area is 245 Å². The van der Waals surface area contributed by atoms with Gasteiger partial charge in [0.25, 0.3) is 0 Å². The second-order valence-electron chi connectivity index (χ2n) is 11.3. The highest BCUT2D eigenvalue weighted by Gasteiger charge is 2.43. The quantitative estimate of drug-likeness (QED) is 0.257. The molecule has 43 heavy (non-hydrogen) atoms. The van der Waals surface area contributed by atoms with Gasteiger partial charge in [-0.3, -0.25) is 4.68 Å². The Morgan fingerprint density at radius 2 is 1.74 bits per heavy atom. The largest absolute Gasteiger partial charge is 0.586 e. The number of oxazole rings is 1. The zero-order valence-electron chi connectivity index (χ0n) is 24.2. The van der Waals surface area contributed by atoms with Crippen LogP contribution >= 0.6 is 0 Å². The third kappa shape index (κ3) is 5.23. The maximum Gasteiger partial charge on any atom is 0.586 e. The van der Waals surface area contributed by atoms with Gasteiger partial charge in [-0.15, -0.1) is 8.78 Å². The van der Waals surface area contributed by atoms with E-state index < -0.39 is 18.1 Å². The van der Waals surface area contributed by atoms with Gasteiger partial charge in [-0.2, -0.15) is 5.10 Å². The highest BCUT2D eigenvalue weighted by molar-refractivity contribution is 5.89. The molecule has 2 aromatic heterocycles. The Bertz CT molecular complexity index is 1810. The lowest BCUT2D eigenvalue weighted by atomic mass is 9.86. The van der Waals surface area contributed by atoms with Crippen LogP contribution in [0.2, 0.25) is 0 Å². The van der Waals surface area contributed by atoms with E-state index in [1.807, 2.05) is 24.3 Å². The summed E-state index contributed by atoms with van der Waals surface area (Å²) in [5.74, 6) is 0.455. The van der Waals surface area contributed by atoms with Gasteiger partial charge in [-0.1, -0.05) is 18.2 Å². The molecule has 4 aromatic rings. The number of halogens is 3. The van der Waals surface area contributed by atoms with Crippen LogP contribution in [0.3, 0.4) is 0 Å². The third-order valence-corrected chi connectivity index (χ3v) is 7.67. The van der Waals surface area contributed by atoms with Crippen molar-refractivity contribution in [3.63, 3.8) is 0 Å². The summed E-state index contributed by atoms with van der Waals surface area (Å²) in [6.07, 6.45) is -3.15. The fourth-order valence-electron chi connectivity index (χ4n) is 5.48. The second kappa shape index (κ2) is 10.1. The molecule has 0 amide bonds. The van der Waals surface area contributed by atoms with Crippen molar-refractivity contribution in [3.8, 4) is 45.3 Å². The third-order valence-electron chi connectivity index (χ3n) is 7.67. The summed E-state index contributed by atoms with van der Waals surface area (Å²) in [6, 6.07) is 11.8. The number of aryl methyl sites for hydroxylation is 2. The molecule has 0 saturated heterocycles. The zero-order chi connectivity index (χ0) is 30.8. The van der Waals surface area contributed by atoms with E-state index >= 15 is 4.39 Å². The number of alkyl halides is 3. The first kappa shape index (κ1) is 28.8. The number of aliphatic hydroxyl groups is 2. The van der Waals surface area contributed by atoms with E-state index in [-0.39, 0.29) is 24.5 Å². The summed E-state index contributed by atoms with van der Waals surface area (Å²) in [5.41, 5.74) is 4.53. The first-order valence-electron chi connectivity index (χ1n) is 13.7. The number of aliphatic hydroxyl groups excluding tert-OH is 1. The molecule has 0 spiro atoms. The van der Waals surface area contributed by atoms with Gasteiger partial charge in [0, 0.05) is 37.1 Å². The molecule has 1 unspecified atom stereocenters. The standard InChI is InChI=1S/C32H30F3N3O5/c1-16-10-20(12-24(33)23(16)15-39)18-6-8-21(25-14-28(31(3,4)40)37-38(25)5)22(11-18)30-29(36-17(2)41-30)19-7-9-26-27(13-19)43-32(34,35)42-26/h6-11,13-14,24,39-40H,12,15H2,1-5H3. The molecule has 224 valence electrons. The lowest BCUT2D eigenvalue weighted by molar-refractivity contribution is -0.286. The Morgan fingerprint density at radius 3 is 2.42 bits per heavy atom. The molecule has 1 aliphatic heterocycles. The highest BCUT2D eigenvalue weighted by Crippen LogP contribution is 2.46. The van der Waals surface area contributed by atoms with Crippen molar-refractivity contribution in [2.45, 2.75) is 52.2 Å². The molecule has 3 heterocycles. The van der Waals surface area contributed by atoms with Crippen LogP contribution in [0, 0.1) is 6.92 Å². The molecule has 2 N–H and O–H groups in total. The molecule has 11 heteroatoms. The topological polar surface area (TPSA) is 103 Å². The predicted octanol–water partition coefficient (Wildman–Crippen LogP) is 6.70. The highest BCUT2D eigenvalue weighted by atomic mass is 19.3. The molecule has 1 aliphatic carbocycles. The Kier molecular flexibility index (Phi) is 6.78. The average molecular weight is 594 g/mol. The normalized spacial score (nSPS) is 17.9. The number of aromatic nitrogens is 3. The van der Waals surface area contributed by atoms with E-state index in [2.05, 4.69) is 19.6 Å². The van der Waals surface area contributed by atoms with Gasteiger partial charge in [0.2, 0.25) is 0 Å². The summed E-state index contributed by atoms with van der Waals surface area (Å²) in [4.78, 5) is 4.59. The van der Waals surface area contributed by atoms with Crippen molar-refractivity contribution in [1.29, 1.82) is 0 Å². The van der Waals surface area contributed by atoms with Crippen molar-refractivity contribution in [1.82, 2.24) is 14.8 Å². The molecule has 8 nitrogen and oxygen atoms in total. The molecule has 1 atom stereocenters. The molecule has 0 saturated carbocycles. The maximum atomic E-state index is 15.0. The van der Waals surface area contributed by atoms with Crippen LogP contribution in [0.4, 0.5) is 13.2 Å². The number of allylic oxidation sites excluding steroid dienone is 3. The molecule has 0 radical (unpaired) electrons. The summed E-state index contributed by atoms with van der Waals surface area (Å²) in [7, 11) is 1.76. The fraction of sp³-hybridized carbons (Fsp3) is 0.312. The minimum absolute atomic E-state index is 0.0826. The summed E-state index contributed by atoms with van der Waals surface area (Å²) in [5, 5.41) is 24.8. The van der Waals surface area contributed by atoms with E-state index in [4.69, 9.17) is 4.42 Å². The van der Waals surface area contributed by atoms with Gasteiger partial charge in [-0.05, 0) is 73.4 Å².